The van der Waals surface area contributed by atoms with Gasteiger partial charge in [0.2, 0.25) is 0 Å². The molecule has 3 heteroatoms. The van der Waals surface area contributed by atoms with E-state index >= 15 is 0 Å². The van der Waals surface area contributed by atoms with E-state index in [1.54, 1.807) is 0 Å². The van der Waals surface area contributed by atoms with Gasteiger partial charge in [0.05, 0.1) is 0 Å². The molecule has 1 atom stereocenters. The summed E-state index contributed by atoms with van der Waals surface area (Å²) in [6.07, 6.45) is 5.61. The van der Waals surface area contributed by atoms with Gasteiger partial charge < -0.3 is 16.8 Å². The van der Waals surface area contributed by atoms with E-state index in [1.807, 2.05) is 0 Å². The molecule has 3 nitrogen and oxygen atoms in total. The molecule has 1 unspecified atom stereocenters. The van der Waals surface area contributed by atoms with Gasteiger partial charge in [-0.3, -0.25) is 0 Å². The smallest absolute Gasteiger partial charge is 0.0205 e. The molecule has 21 heavy (non-hydrogen) atoms. The summed E-state index contributed by atoms with van der Waals surface area (Å²) in [7, 11) is 0. The lowest BCUT2D eigenvalue weighted by atomic mass is 9.98. The van der Waals surface area contributed by atoms with Crippen molar-refractivity contribution in [3.05, 3.63) is 35.4 Å². The van der Waals surface area contributed by atoms with Crippen LogP contribution in [0, 0.1) is 5.92 Å². The Labute approximate surface area is 130 Å². The Balaban J connectivity index is 2.21. The fourth-order valence-corrected chi connectivity index (χ4v) is 2.58. The van der Waals surface area contributed by atoms with Gasteiger partial charge >= 0.3 is 0 Å². The fraction of sp³-hybridized carbons (Fsp3) is 0.667. The third-order valence-electron chi connectivity index (χ3n) is 3.72. The normalized spacial score (nSPS) is 12.8. The summed E-state index contributed by atoms with van der Waals surface area (Å²) < 4.78 is 0. The van der Waals surface area contributed by atoms with Crippen LogP contribution in [-0.2, 0) is 13.0 Å². The molecule has 0 aliphatic carbocycles. The number of nitrogens with two attached hydrogens (primary N) is 2. The van der Waals surface area contributed by atoms with Crippen LogP contribution in [0.15, 0.2) is 24.3 Å². The van der Waals surface area contributed by atoms with Crippen LogP contribution in [0.3, 0.4) is 0 Å². The Bertz CT molecular complexity index is 359. The van der Waals surface area contributed by atoms with E-state index in [2.05, 4.69) is 43.4 Å². The van der Waals surface area contributed by atoms with Crippen molar-refractivity contribution in [3.63, 3.8) is 0 Å². The van der Waals surface area contributed by atoms with Gasteiger partial charge in [0.1, 0.15) is 0 Å². The lowest BCUT2D eigenvalue weighted by Gasteiger charge is -2.13. The van der Waals surface area contributed by atoms with Crippen LogP contribution in [0.4, 0.5) is 0 Å². The lowest BCUT2D eigenvalue weighted by Crippen LogP contribution is -2.22. The molecule has 1 rings (SSSR count). The Morgan fingerprint density at radius 3 is 2.33 bits per heavy atom. The van der Waals surface area contributed by atoms with E-state index in [0.29, 0.717) is 12.0 Å². The first-order valence-corrected chi connectivity index (χ1v) is 8.36. The second-order valence-electron chi connectivity index (χ2n) is 6.42. The topological polar surface area (TPSA) is 64.1 Å². The third-order valence-corrected chi connectivity index (χ3v) is 3.72. The second-order valence-corrected chi connectivity index (χ2v) is 6.42. The van der Waals surface area contributed by atoms with Crippen LogP contribution in [0.25, 0.3) is 0 Å². The zero-order valence-electron chi connectivity index (χ0n) is 13.8. The van der Waals surface area contributed by atoms with Crippen molar-refractivity contribution in [3.8, 4) is 0 Å². The zero-order valence-corrected chi connectivity index (χ0v) is 13.8. The van der Waals surface area contributed by atoms with Gasteiger partial charge in [0.15, 0.2) is 0 Å². The summed E-state index contributed by atoms with van der Waals surface area (Å²) >= 11 is 0. The number of nitrogens with one attached hydrogen (secondary N) is 1. The molecule has 0 saturated carbocycles. The van der Waals surface area contributed by atoms with Crippen molar-refractivity contribution in [1.29, 1.82) is 0 Å². The average Bonchev–Trinajstić information content (AvgIpc) is 2.44. The first kappa shape index (κ1) is 18.1. The molecule has 0 amide bonds. The maximum atomic E-state index is 6.13. The van der Waals surface area contributed by atoms with Gasteiger partial charge in [-0.25, -0.2) is 0 Å². The zero-order chi connectivity index (χ0) is 15.5. The van der Waals surface area contributed by atoms with E-state index in [0.717, 1.165) is 45.3 Å². The van der Waals surface area contributed by atoms with Crippen molar-refractivity contribution < 1.29 is 0 Å². The number of aryl methyl sites for hydroxylation is 1. The van der Waals surface area contributed by atoms with Crippen LogP contribution in [0.1, 0.15) is 50.7 Å². The van der Waals surface area contributed by atoms with E-state index in [4.69, 9.17) is 11.5 Å². The minimum atomic E-state index is 0.357. The SMILES string of the molecule is CC(C)CC(N)CCCc1ccc(CNCCCN)cc1. The minimum Gasteiger partial charge on any atom is -0.330 e. The molecule has 5 N–H and O–H groups in total. The van der Waals surface area contributed by atoms with Crippen LogP contribution in [-0.4, -0.2) is 19.1 Å². The van der Waals surface area contributed by atoms with Crippen LogP contribution in [0.2, 0.25) is 0 Å². The van der Waals surface area contributed by atoms with Crippen LogP contribution < -0.4 is 16.8 Å². The number of hydrogen-bond acceptors (Lipinski definition) is 3. The Morgan fingerprint density at radius 2 is 1.71 bits per heavy atom. The molecule has 0 radical (unpaired) electrons. The molecule has 0 aliphatic heterocycles. The molecule has 0 saturated heterocycles. The number of benzene rings is 1. The predicted molar refractivity (Wildman–Crippen MR) is 92.2 cm³/mol. The predicted octanol–water partition coefficient (Wildman–Crippen LogP) is 2.82. The summed E-state index contributed by atoms with van der Waals surface area (Å²) in [6, 6.07) is 9.29. The van der Waals surface area contributed by atoms with E-state index in [-0.39, 0.29) is 0 Å². The molecule has 1 aromatic carbocycles. The molecule has 0 aromatic heterocycles. The highest BCUT2D eigenvalue weighted by atomic mass is 14.8. The summed E-state index contributed by atoms with van der Waals surface area (Å²) in [6.45, 7) is 7.15. The summed E-state index contributed by atoms with van der Waals surface area (Å²) in [5, 5.41) is 3.40. The van der Waals surface area contributed by atoms with Gasteiger partial charge in [-0.05, 0) is 62.2 Å². The monoisotopic (exact) mass is 291 g/mol. The summed E-state index contributed by atoms with van der Waals surface area (Å²) in [5.74, 6) is 0.700. The maximum Gasteiger partial charge on any atom is 0.0205 e. The van der Waals surface area contributed by atoms with Crippen molar-refractivity contribution in [2.75, 3.05) is 13.1 Å². The molecule has 0 heterocycles. The first-order chi connectivity index (χ1) is 10.1. The maximum absolute atomic E-state index is 6.13. The van der Waals surface area contributed by atoms with Crippen molar-refractivity contribution in [2.24, 2.45) is 17.4 Å². The molecular formula is C18H33N3. The van der Waals surface area contributed by atoms with Crippen LogP contribution in [0.5, 0.6) is 0 Å². The molecule has 0 spiro atoms. The number of hydrogen-bond donors (Lipinski definition) is 3. The van der Waals surface area contributed by atoms with E-state index < -0.39 is 0 Å². The molecular weight excluding hydrogens is 258 g/mol. The highest BCUT2D eigenvalue weighted by Crippen LogP contribution is 2.12. The quantitative estimate of drug-likeness (QED) is 0.549. The summed E-state index contributed by atoms with van der Waals surface area (Å²) in [5.41, 5.74) is 14.4. The fourth-order valence-electron chi connectivity index (χ4n) is 2.58. The molecule has 0 aliphatic rings. The lowest BCUT2D eigenvalue weighted by molar-refractivity contribution is 0.463. The standard InChI is InChI=1S/C18H33N3/c1-15(2)13-18(20)6-3-5-16-7-9-17(10-8-16)14-21-12-4-11-19/h7-10,15,18,21H,3-6,11-14,19-20H2,1-2H3. The van der Waals surface area contributed by atoms with Crippen molar-refractivity contribution in [2.45, 2.75) is 58.5 Å². The highest BCUT2D eigenvalue weighted by Gasteiger charge is 2.05. The highest BCUT2D eigenvalue weighted by molar-refractivity contribution is 5.22. The van der Waals surface area contributed by atoms with Crippen LogP contribution >= 0.6 is 0 Å². The van der Waals surface area contributed by atoms with Crippen molar-refractivity contribution >= 4 is 0 Å². The van der Waals surface area contributed by atoms with Gasteiger partial charge in [-0.15, -0.1) is 0 Å². The van der Waals surface area contributed by atoms with E-state index in [9.17, 15) is 0 Å². The van der Waals surface area contributed by atoms with Gasteiger partial charge in [0.25, 0.3) is 0 Å². The molecule has 1 aromatic rings. The number of rotatable bonds is 11. The Kier molecular flexibility index (Phi) is 9.31. The van der Waals surface area contributed by atoms with E-state index in [1.165, 1.54) is 17.5 Å². The molecule has 120 valence electrons. The minimum absolute atomic E-state index is 0.357. The third kappa shape index (κ3) is 8.86. The second kappa shape index (κ2) is 10.8. The average molecular weight is 291 g/mol. The Morgan fingerprint density at radius 1 is 1.05 bits per heavy atom. The molecule has 0 fully saturated rings. The Hall–Kier alpha value is -0.900. The van der Waals surface area contributed by atoms with Gasteiger partial charge in [-0.1, -0.05) is 38.1 Å². The summed E-state index contributed by atoms with van der Waals surface area (Å²) in [4.78, 5) is 0. The van der Waals surface area contributed by atoms with Crippen molar-refractivity contribution in [1.82, 2.24) is 5.32 Å². The first-order valence-electron chi connectivity index (χ1n) is 8.36. The largest absolute Gasteiger partial charge is 0.330 e. The van der Waals surface area contributed by atoms with Gasteiger partial charge in [0, 0.05) is 12.6 Å². The molecule has 0 bridgehead atoms. The van der Waals surface area contributed by atoms with Gasteiger partial charge in [-0.2, -0.15) is 0 Å².